The van der Waals surface area contributed by atoms with Crippen LogP contribution in [0.4, 0.5) is 8.78 Å². The van der Waals surface area contributed by atoms with E-state index < -0.39 is 0 Å². The summed E-state index contributed by atoms with van der Waals surface area (Å²) in [5, 5.41) is 3.46. The van der Waals surface area contributed by atoms with Crippen LogP contribution in [-0.4, -0.2) is 12.6 Å². The summed E-state index contributed by atoms with van der Waals surface area (Å²) in [4.78, 5) is 0. The Morgan fingerprint density at radius 3 is 2.74 bits per heavy atom. The van der Waals surface area contributed by atoms with E-state index in [1.807, 2.05) is 0 Å². The highest BCUT2D eigenvalue weighted by Gasteiger charge is 2.30. The monoisotopic (exact) mass is 267 g/mol. The highest BCUT2D eigenvalue weighted by atomic mass is 19.1. The summed E-state index contributed by atoms with van der Waals surface area (Å²) in [5.41, 5.74) is 0.491. The average molecular weight is 267 g/mol. The van der Waals surface area contributed by atoms with Crippen LogP contribution in [0.25, 0.3) is 0 Å². The fraction of sp³-hybridized carbons (Fsp3) is 0.625. The van der Waals surface area contributed by atoms with E-state index in [4.69, 9.17) is 0 Å². The van der Waals surface area contributed by atoms with Crippen molar-refractivity contribution in [3.05, 3.63) is 35.4 Å². The maximum absolute atomic E-state index is 13.8. The predicted octanol–water partition coefficient (Wildman–Crippen LogP) is 3.92. The fourth-order valence-corrected chi connectivity index (χ4v) is 3.35. The Kier molecular flexibility index (Phi) is 4.92. The van der Waals surface area contributed by atoms with Gasteiger partial charge in [-0.15, -0.1) is 0 Å². The SMILES string of the molecule is CCNC(Cc1cc(F)ccc1F)C1CCCC1C. The Bertz CT molecular complexity index is 419. The van der Waals surface area contributed by atoms with Crippen molar-refractivity contribution in [2.24, 2.45) is 11.8 Å². The van der Waals surface area contributed by atoms with Crippen molar-refractivity contribution in [2.75, 3.05) is 6.54 Å². The normalized spacial score (nSPS) is 24.6. The lowest BCUT2D eigenvalue weighted by Gasteiger charge is -2.28. The number of nitrogens with one attached hydrogen (secondary N) is 1. The number of likely N-dealkylation sites (N-methyl/N-ethyl adjacent to an activating group) is 1. The van der Waals surface area contributed by atoms with Gasteiger partial charge in [0.15, 0.2) is 0 Å². The van der Waals surface area contributed by atoms with Crippen molar-refractivity contribution in [3.8, 4) is 0 Å². The molecule has 1 aromatic rings. The first-order chi connectivity index (χ1) is 9.11. The molecule has 0 saturated heterocycles. The van der Waals surface area contributed by atoms with Crippen LogP contribution >= 0.6 is 0 Å². The highest BCUT2D eigenvalue weighted by molar-refractivity contribution is 5.20. The molecule has 19 heavy (non-hydrogen) atoms. The number of hydrogen-bond donors (Lipinski definition) is 1. The molecule has 0 radical (unpaired) electrons. The second kappa shape index (κ2) is 6.47. The molecule has 1 aliphatic rings. The minimum atomic E-state index is -0.355. The molecule has 0 heterocycles. The molecule has 3 heteroatoms. The summed E-state index contributed by atoms with van der Waals surface area (Å²) in [6.07, 6.45) is 4.26. The Morgan fingerprint density at radius 1 is 1.32 bits per heavy atom. The van der Waals surface area contributed by atoms with Crippen LogP contribution in [0.2, 0.25) is 0 Å². The van der Waals surface area contributed by atoms with Crippen molar-refractivity contribution in [3.63, 3.8) is 0 Å². The average Bonchev–Trinajstić information content (AvgIpc) is 2.79. The highest BCUT2D eigenvalue weighted by Crippen LogP contribution is 2.35. The first-order valence-electron chi connectivity index (χ1n) is 7.29. The van der Waals surface area contributed by atoms with E-state index in [1.54, 1.807) is 0 Å². The standard InChI is InChI=1S/C16H23F2N/c1-3-19-16(14-6-4-5-11(14)2)10-12-9-13(17)7-8-15(12)18/h7-9,11,14,16,19H,3-6,10H2,1-2H3. The number of benzene rings is 1. The van der Waals surface area contributed by atoms with Crippen LogP contribution in [0.1, 0.15) is 38.7 Å². The van der Waals surface area contributed by atoms with Crippen molar-refractivity contribution >= 4 is 0 Å². The lowest BCUT2D eigenvalue weighted by molar-refractivity contribution is 0.296. The van der Waals surface area contributed by atoms with E-state index in [0.29, 0.717) is 23.8 Å². The molecule has 0 aromatic heterocycles. The zero-order chi connectivity index (χ0) is 13.8. The predicted molar refractivity (Wildman–Crippen MR) is 74.0 cm³/mol. The molecule has 1 nitrogen and oxygen atoms in total. The van der Waals surface area contributed by atoms with Gasteiger partial charge in [-0.25, -0.2) is 8.78 Å². The van der Waals surface area contributed by atoms with Gasteiger partial charge >= 0.3 is 0 Å². The Morgan fingerprint density at radius 2 is 2.11 bits per heavy atom. The van der Waals surface area contributed by atoms with E-state index in [-0.39, 0.29) is 17.7 Å². The van der Waals surface area contributed by atoms with Crippen LogP contribution in [0.15, 0.2) is 18.2 Å². The van der Waals surface area contributed by atoms with E-state index in [1.165, 1.54) is 37.5 Å². The maximum Gasteiger partial charge on any atom is 0.126 e. The molecule has 0 spiro atoms. The van der Waals surface area contributed by atoms with Crippen LogP contribution in [0, 0.1) is 23.5 Å². The third-order valence-electron chi connectivity index (χ3n) is 4.36. The second-order valence-electron chi connectivity index (χ2n) is 5.68. The first kappa shape index (κ1) is 14.4. The molecule has 1 aliphatic carbocycles. The summed E-state index contributed by atoms with van der Waals surface area (Å²) in [6.45, 7) is 5.20. The van der Waals surface area contributed by atoms with Crippen molar-refractivity contribution < 1.29 is 8.78 Å². The largest absolute Gasteiger partial charge is 0.314 e. The third-order valence-corrected chi connectivity index (χ3v) is 4.36. The lowest BCUT2D eigenvalue weighted by atomic mass is 9.86. The van der Waals surface area contributed by atoms with Crippen LogP contribution in [0.5, 0.6) is 0 Å². The molecule has 1 aromatic carbocycles. The summed E-state index contributed by atoms with van der Waals surface area (Å²) in [6, 6.07) is 3.99. The minimum absolute atomic E-state index is 0.249. The summed E-state index contributed by atoms with van der Waals surface area (Å²) >= 11 is 0. The van der Waals surface area contributed by atoms with Gasteiger partial charge < -0.3 is 5.32 Å². The fourth-order valence-electron chi connectivity index (χ4n) is 3.35. The zero-order valence-electron chi connectivity index (χ0n) is 11.8. The van der Waals surface area contributed by atoms with E-state index in [2.05, 4.69) is 19.2 Å². The molecule has 1 saturated carbocycles. The van der Waals surface area contributed by atoms with Gasteiger partial charge in [0, 0.05) is 6.04 Å². The molecule has 1 fully saturated rings. The third kappa shape index (κ3) is 3.53. The molecular weight excluding hydrogens is 244 g/mol. The number of halogens is 2. The Balaban J connectivity index is 2.13. The quantitative estimate of drug-likeness (QED) is 0.852. The number of hydrogen-bond acceptors (Lipinski definition) is 1. The van der Waals surface area contributed by atoms with Gasteiger partial charge in [0.05, 0.1) is 0 Å². The van der Waals surface area contributed by atoms with Gasteiger partial charge in [-0.1, -0.05) is 26.7 Å². The van der Waals surface area contributed by atoms with Gasteiger partial charge in [0.1, 0.15) is 11.6 Å². The summed E-state index contributed by atoms with van der Waals surface area (Å²) in [5.74, 6) is 0.587. The molecule has 2 rings (SSSR count). The van der Waals surface area contributed by atoms with E-state index in [9.17, 15) is 8.78 Å². The smallest absolute Gasteiger partial charge is 0.126 e. The van der Waals surface area contributed by atoms with E-state index in [0.717, 1.165) is 6.54 Å². The van der Waals surface area contributed by atoms with Crippen LogP contribution in [-0.2, 0) is 6.42 Å². The lowest BCUT2D eigenvalue weighted by Crippen LogP contribution is -2.39. The molecule has 106 valence electrons. The summed E-state index contributed by atoms with van der Waals surface area (Å²) < 4.78 is 27.0. The molecule has 0 aliphatic heterocycles. The van der Waals surface area contributed by atoms with Gasteiger partial charge in [-0.05, 0) is 55.0 Å². The molecule has 3 unspecified atom stereocenters. The Labute approximate surface area is 114 Å². The molecule has 0 amide bonds. The van der Waals surface area contributed by atoms with Crippen LogP contribution in [0.3, 0.4) is 0 Å². The van der Waals surface area contributed by atoms with Crippen molar-refractivity contribution in [2.45, 2.75) is 45.6 Å². The first-order valence-corrected chi connectivity index (χ1v) is 7.29. The maximum atomic E-state index is 13.8. The topological polar surface area (TPSA) is 12.0 Å². The molecule has 1 N–H and O–H groups in total. The second-order valence-corrected chi connectivity index (χ2v) is 5.68. The summed E-state index contributed by atoms with van der Waals surface area (Å²) in [7, 11) is 0. The van der Waals surface area contributed by atoms with Gasteiger partial charge in [-0.2, -0.15) is 0 Å². The van der Waals surface area contributed by atoms with Gasteiger partial charge in [0.25, 0.3) is 0 Å². The molecule has 3 atom stereocenters. The Hall–Kier alpha value is -0.960. The zero-order valence-corrected chi connectivity index (χ0v) is 11.8. The van der Waals surface area contributed by atoms with Crippen molar-refractivity contribution in [1.29, 1.82) is 0 Å². The molecule has 0 bridgehead atoms. The van der Waals surface area contributed by atoms with Crippen LogP contribution < -0.4 is 5.32 Å². The van der Waals surface area contributed by atoms with Crippen molar-refractivity contribution in [1.82, 2.24) is 5.32 Å². The molecular formula is C16H23F2N. The van der Waals surface area contributed by atoms with E-state index >= 15 is 0 Å². The minimum Gasteiger partial charge on any atom is -0.314 e. The number of rotatable bonds is 5. The van der Waals surface area contributed by atoms with Gasteiger partial charge in [-0.3, -0.25) is 0 Å². The van der Waals surface area contributed by atoms with Gasteiger partial charge in [0.2, 0.25) is 0 Å².